The van der Waals surface area contributed by atoms with Crippen LogP contribution in [0.3, 0.4) is 0 Å². The van der Waals surface area contributed by atoms with Crippen LogP contribution in [0.5, 0.6) is 0 Å². The van der Waals surface area contributed by atoms with E-state index in [2.05, 4.69) is 54.4 Å². The van der Waals surface area contributed by atoms with E-state index in [-0.39, 0.29) is 0 Å². The molecule has 2 heteroatoms. The van der Waals surface area contributed by atoms with Gasteiger partial charge < -0.3 is 5.32 Å². The number of hydrogen-bond donors (Lipinski definition) is 1. The van der Waals surface area contributed by atoms with Gasteiger partial charge in [0.2, 0.25) is 0 Å². The first-order valence-electron chi connectivity index (χ1n) is 7.74. The average Bonchev–Trinajstić information content (AvgIpc) is 2.45. The Morgan fingerprint density at radius 1 is 1.16 bits per heavy atom. The Morgan fingerprint density at radius 3 is 2.47 bits per heavy atom. The van der Waals surface area contributed by atoms with Crippen LogP contribution >= 0.6 is 0 Å². The van der Waals surface area contributed by atoms with E-state index in [0.717, 1.165) is 12.5 Å². The third kappa shape index (κ3) is 4.96. The molecule has 1 aromatic rings. The molecule has 0 amide bonds. The molecular formula is C17H28N2. The summed E-state index contributed by atoms with van der Waals surface area (Å²) in [5.41, 5.74) is 1.43. The number of rotatable bonds is 6. The first kappa shape index (κ1) is 14.5. The molecule has 0 aliphatic carbocycles. The second-order valence-corrected chi connectivity index (χ2v) is 6.03. The number of nitrogens with one attached hydrogen (secondary N) is 1. The maximum absolute atomic E-state index is 3.45. The zero-order valence-electron chi connectivity index (χ0n) is 12.4. The van der Waals surface area contributed by atoms with Gasteiger partial charge in [0, 0.05) is 12.6 Å². The molecule has 0 saturated carbocycles. The molecule has 1 saturated heterocycles. The van der Waals surface area contributed by atoms with Crippen molar-refractivity contribution in [2.24, 2.45) is 5.92 Å². The minimum atomic E-state index is 0.627. The molecule has 1 heterocycles. The largest absolute Gasteiger partial charge is 0.317 e. The first-order chi connectivity index (χ1) is 9.25. The van der Waals surface area contributed by atoms with Crippen molar-refractivity contribution in [3.05, 3.63) is 35.9 Å². The lowest BCUT2D eigenvalue weighted by atomic mass is 9.94. The highest BCUT2D eigenvalue weighted by Crippen LogP contribution is 2.18. The summed E-state index contributed by atoms with van der Waals surface area (Å²) in [5.74, 6) is 0.929. The number of hydrogen-bond acceptors (Lipinski definition) is 2. The molecule has 0 aromatic heterocycles. The summed E-state index contributed by atoms with van der Waals surface area (Å²) in [6, 6.07) is 11.5. The van der Waals surface area contributed by atoms with Gasteiger partial charge in [0.05, 0.1) is 0 Å². The van der Waals surface area contributed by atoms with E-state index in [1.807, 2.05) is 0 Å². The standard InChI is InChI=1S/C17H28N2/c1-15(2)19(14-17-6-4-3-5-7-17)13-10-16-8-11-18-12-9-16/h3-7,15-16,18H,8-14H2,1-2H3. The maximum Gasteiger partial charge on any atom is 0.0236 e. The summed E-state index contributed by atoms with van der Waals surface area (Å²) in [5, 5.41) is 3.45. The van der Waals surface area contributed by atoms with Crippen molar-refractivity contribution < 1.29 is 0 Å². The molecule has 1 aliphatic heterocycles. The first-order valence-corrected chi connectivity index (χ1v) is 7.74. The predicted molar refractivity (Wildman–Crippen MR) is 82.2 cm³/mol. The molecule has 0 radical (unpaired) electrons. The summed E-state index contributed by atoms with van der Waals surface area (Å²) in [6.45, 7) is 9.37. The van der Waals surface area contributed by atoms with Gasteiger partial charge in [0.15, 0.2) is 0 Å². The van der Waals surface area contributed by atoms with E-state index < -0.39 is 0 Å². The summed E-state index contributed by atoms with van der Waals surface area (Å²) in [6.07, 6.45) is 4.07. The van der Waals surface area contributed by atoms with Crippen molar-refractivity contribution >= 4 is 0 Å². The highest BCUT2D eigenvalue weighted by molar-refractivity contribution is 5.14. The molecule has 0 bridgehead atoms. The fourth-order valence-corrected chi connectivity index (χ4v) is 2.86. The van der Waals surface area contributed by atoms with Crippen LogP contribution in [-0.4, -0.2) is 30.6 Å². The monoisotopic (exact) mass is 260 g/mol. The minimum absolute atomic E-state index is 0.627. The SMILES string of the molecule is CC(C)N(CCC1CCNCC1)Cc1ccccc1. The van der Waals surface area contributed by atoms with Crippen LogP contribution in [0.15, 0.2) is 30.3 Å². The van der Waals surface area contributed by atoms with Gasteiger partial charge >= 0.3 is 0 Å². The Labute approximate surface area is 118 Å². The van der Waals surface area contributed by atoms with Crippen LogP contribution in [0, 0.1) is 5.92 Å². The summed E-state index contributed by atoms with van der Waals surface area (Å²) < 4.78 is 0. The Kier molecular flexibility index (Phi) is 5.87. The number of benzene rings is 1. The van der Waals surface area contributed by atoms with Gasteiger partial charge in [0.1, 0.15) is 0 Å². The third-order valence-corrected chi connectivity index (χ3v) is 4.24. The van der Waals surface area contributed by atoms with E-state index >= 15 is 0 Å². The molecule has 1 aliphatic rings. The zero-order valence-corrected chi connectivity index (χ0v) is 12.4. The number of piperidine rings is 1. The Hall–Kier alpha value is -0.860. The third-order valence-electron chi connectivity index (χ3n) is 4.24. The molecule has 19 heavy (non-hydrogen) atoms. The topological polar surface area (TPSA) is 15.3 Å². The molecule has 1 N–H and O–H groups in total. The van der Waals surface area contributed by atoms with Crippen LogP contribution < -0.4 is 5.32 Å². The molecule has 1 aromatic carbocycles. The van der Waals surface area contributed by atoms with Crippen molar-refractivity contribution in [2.75, 3.05) is 19.6 Å². The van der Waals surface area contributed by atoms with Crippen molar-refractivity contribution in [3.8, 4) is 0 Å². The second-order valence-electron chi connectivity index (χ2n) is 6.03. The normalized spacial score (nSPS) is 17.3. The predicted octanol–water partition coefficient (Wildman–Crippen LogP) is 3.29. The number of nitrogens with zero attached hydrogens (tertiary/aromatic N) is 1. The van der Waals surface area contributed by atoms with Gasteiger partial charge in [-0.25, -0.2) is 0 Å². The van der Waals surface area contributed by atoms with Crippen LogP contribution in [0.2, 0.25) is 0 Å². The van der Waals surface area contributed by atoms with Crippen LogP contribution in [0.4, 0.5) is 0 Å². The zero-order chi connectivity index (χ0) is 13.5. The smallest absolute Gasteiger partial charge is 0.0236 e. The lowest BCUT2D eigenvalue weighted by molar-refractivity contribution is 0.188. The van der Waals surface area contributed by atoms with Crippen LogP contribution in [0.1, 0.15) is 38.7 Å². The maximum atomic E-state index is 3.45. The van der Waals surface area contributed by atoms with E-state index in [1.54, 1.807) is 0 Å². The Morgan fingerprint density at radius 2 is 1.84 bits per heavy atom. The quantitative estimate of drug-likeness (QED) is 0.844. The van der Waals surface area contributed by atoms with Gasteiger partial charge in [-0.1, -0.05) is 30.3 Å². The average molecular weight is 260 g/mol. The highest BCUT2D eigenvalue weighted by atomic mass is 15.1. The van der Waals surface area contributed by atoms with E-state index in [0.29, 0.717) is 6.04 Å². The lowest BCUT2D eigenvalue weighted by Gasteiger charge is -2.30. The fourth-order valence-electron chi connectivity index (χ4n) is 2.86. The fraction of sp³-hybridized carbons (Fsp3) is 0.647. The van der Waals surface area contributed by atoms with Gasteiger partial charge in [0.25, 0.3) is 0 Å². The van der Waals surface area contributed by atoms with E-state index in [1.165, 1.54) is 44.5 Å². The summed E-state index contributed by atoms with van der Waals surface area (Å²) in [7, 11) is 0. The van der Waals surface area contributed by atoms with Gasteiger partial charge in [-0.3, -0.25) is 4.90 Å². The molecule has 0 unspecified atom stereocenters. The van der Waals surface area contributed by atoms with Gasteiger partial charge in [-0.05, 0) is 64.2 Å². The summed E-state index contributed by atoms with van der Waals surface area (Å²) in [4.78, 5) is 2.61. The molecule has 2 rings (SSSR count). The molecular weight excluding hydrogens is 232 g/mol. The lowest BCUT2D eigenvalue weighted by Crippen LogP contribution is -2.34. The molecule has 2 nitrogen and oxygen atoms in total. The summed E-state index contributed by atoms with van der Waals surface area (Å²) >= 11 is 0. The van der Waals surface area contributed by atoms with Crippen molar-refractivity contribution in [2.45, 2.75) is 45.7 Å². The molecule has 0 spiro atoms. The second kappa shape index (κ2) is 7.66. The minimum Gasteiger partial charge on any atom is -0.317 e. The molecule has 106 valence electrons. The van der Waals surface area contributed by atoms with E-state index in [4.69, 9.17) is 0 Å². The van der Waals surface area contributed by atoms with Crippen LogP contribution in [-0.2, 0) is 6.54 Å². The van der Waals surface area contributed by atoms with Crippen LogP contribution in [0.25, 0.3) is 0 Å². The molecule has 1 fully saturated rings. The van der Waals surface area contributed by atoms with Crippen molar-refractivity contribution in [1.29, 1.82) is 0 Å². The van der Waals surface area contributed by atoms with Crippen molar-refractivity contribution in [3.63, 3.8) is 0 Å². The highest BCUT2D eigenvalue weighted by Gasteiger charge is 2.16. The molecule has 0 atom stereocenters. The van der Waals surface area contributed by atoms with Gasteiger partial charge in [-0.2, -0.15) is 0 Å². The Balaban J connectivity index is 1.82. The van der Waals surface area contributed by atoms with E-state index in [9.17, 15) is 0 Å². The van der Waals surface area contributed by atoms with Crippen molar-refractivity contribution in [1.82, 2.24) is 10.2 Å². The Bertz CT molecular complexity index is 342. The van der Waals surface area contributed by atoms with Gasteiger partial charge in [-0.15, -0.1) is 0 Å².